The highest BCUT2D eigenvalue weighted by atomic mass is 16.6. The molecule has 1 atom stereocenters. The lowest BCUT2D eigenvalue weighted by molar-refractivity contribution is 0.0206. The first-order chi connectivity index (χ1) is 6.40. The van der Waals surface area contributed by atoms with Crippen molar-refractivity contribution in [1.29, 1.82) is 0 Å². The number of carbonyl (C=O) groups excluding carboxylic acids is 1. The van der Waals surface area contributed by atoms with Crippen molar-refractivity contribution >= 4 is 6.09 Å². The van der Waals surface area contributed by atoms with Crippen molar-refractivity contribution in [3.63, 3.8) is 0 Å². The summed E-state index contributed by atoms with van der Waals surface area (Å²) in [5.41, 5.74) is -0.405. The fourth-order valence-electron chi connectivity index (χ4n) is 1.39. The Kier molecular flexibility index (Phi) is 3.19. The summed E-state index contributed by atoms with van der Waals surface area (Å²) in [6, 6.07) is 0.151. The zero-order valence-corrected chi connectivity index (χ0v) is 9.41. The number of nitrogens with zero attached hydrogens (tertiary/aromatic N) is 1. The van der Waals surface area contributed by atoms with Crippen LogP contribution in [0, 0.1) is 0 Å². The third kappa shape index (κ3) is 3.05. The number of hydrogen-bond acceptors (Lipinski definition) is 2. The lowest BCUT2D eigenvalue weighted by Gasteiger charge is -2.32. The van der Waals surface area contributed by atoms with Crippen LogP contribution in [0.4, 0.5) is 4.79 Å². The SMILES string of the molecule is CC1C=CCCN1C(=O)OC(C)(C)C. The Morgan fingerprint density at radius 1 is 1.50 bits per heavy atom. The van der Waals surface area contributed by atoms with Gasteiger partial charge >= 0.3 is 6.09 Å². The van der Waals surface area contributed by atoms with E-state index in [2.05, 4.69) is 6.08 Å². The van der Waals surface area contributed by atoms with E-state index in [9.17, 15) is 4.79 Å². The largest absolute Gasteiger partial charge is 0.444 e. The molecule has 0 bridgehead atoms. The first-order valence-electron chi connectivity index (χ1n) is 5.06. The summed E-state index contributed by atoms with van der Waals surface area (Å²) in [5.74, 6) is 0. The quantitative estimate of drug-likeness (QED) is 0.558. The molecular weight excluding hydrogens is 178 g/mol. The number of amides is 1. The fraction of sp³-hybridized carbons (Fsp3) is 0.727. The topological polar surface area (TPSA) is 29.5 Å². The molecule has 1 amide bonds. The molecule has 0 fully saturated rings. The van der Waals surface area contributed by atoms with E-state index in [4.69, 9.17) is 4.74 Å². The normalized spacial score (nSPS) is 22.3. The lowest BCUT2D eigenvalue weighted by atomic mass is 10.1. The van der Waals surface area contributed by atoms with Crippen molar-refractivity contribution in [2.24, 2.45) is 0 Å². The van der Waals surface area contributed by atoms with Gasteiger partial charge in [-0.15, -0.1) is 0 Å². The maximum atomic E-state index is 11.7. The molecule has 0 aromatic heterocycles. The summed E-state index contributed by atoms with van der Waals surface area (Å²) < 4.78 is 5.30. The minimum atomic E-state index is -0.405. The molecule has 0 aliphatic carbocycles. The van der Waals surface area contributed by atoms with Gasteiger partial charge in [-0.05, 0) is 34.1 Å². The van der Waals surface area contributed by atoms with Gasteiger partial charge in [0.15, 0.2) is 0 Å². The Morgan fingerprint density at radius 2 is 2.14 bits per heavy atom. The number of carbonyl (C=O) groups is 1. The van der Waals surface area contributed by atoms with E-state index in [-0.39, 0.29) is 12.1 Å². The van der Waals surface area contributed by atoms with Crippen molar-refractivity contribution < 1.29 is 9.53 Å². The van der Waals surface area contributed by atoms with E-state index < -0.39 is 5.60 Å². The molecule has 0 saturated carbocycles. The molecule has 1 unspecified atom stereocenters. The predicted molar refractivity (Wildman–Crippen MR) is 56.2 cm³/mol. The van der Waals surface area contributed by atoms with E-state index in [0.717, 1.165) is 13.0 Å². The molecular formula is C11H19NO2. The average molecular weight is 197 g/mol. The Morgan fingerprint density at radius 3 is 2.64 bits per heavy atom. The Labute approximate surface area is 85.7 Å². The van der Waals surface area contributed by atoms with Crippen LogP contribution in [-0.2, 0) is 4.74 Å². The first kappa shape index (κ1) is 11.1. The van der Waals surface area contributed by atoms with Crippen molar-refractivity contribution in [1.82, 2.24) is 4.90 Å². The Hall–Kier alpha value is -0.990. The Bertz CT molecular complexity index is 240. The van der Waals surface area contributed by atoms with Crippen LogP contribution in [0.1, 0.15) is 34.1 Å². The molecule has 3 nitrogen and oxygen atoms in total. The van der Waals surface area contributed by atoms with Crippen LogP contribution in [-0.4, -0.2) is 29.2 Å². The summed E-state index contributed by atoms with van der Waals surface area (Å²) in [6.07, 6.45) is 4.84. The zero-order chi connectivity index (χ0) is 10.8. The first-order valence-corrected chi connectivity index (χ1v) is 5.06. The highest BCUT2D eigenvalue weighted by Gasteiger charge is 2.25. The summed E-state index contributed by atoms with van der Waals surface area (Å²) >= 11 is 0. The molecule has 1 aliphatic heterocycles. The standard InChI is InChI=1S/C11H19NO2/c1-9-7-5-6-8-12(9)10(13)14-11(2,3)4/h5,7,9H,6,8H2,1-4H3. The molecule has 0 aromatic carbocycles. The predicted octanol–water partition coefficient (Wildman–Crippen LogP) is 2.57. The van der Waals surface area contributed by atoms with Gasteiger partial charge in [-0.1, -0.05) is 12.2 Å². The van der Waals surface area contributed by atoms with E-state index in [1.54, 1.807) is 4.90 Å². The van der Waals surface area contributed by atoms with Crippen molar-refractivity contribution in [2.75, 3.05) is 6.54 Å². The molecule has 1 heterocycles. The molecule has 0 saturated heterocycles. The summed E-state index contributed by atoms with van der Waals surface area (Å²) in [5, 5.41) is 0. The molecule has 1 rings (SSSR count). The van der Waals surface area contributed by atoms with Gasteiger partial charge in [-0.3, -0.25) is 0 Å². The second-order valence-electron chi connectivity index (χ2n) is 4.63. The lowest BCUT2D eigenvalue weighted by Crippen LogP contribution is -2.43. The minimum absolute atomic E-state index is 0.151. The summed E-state index contributed by atoms with van der Waals surface area (Å²) in [4.78, 5) is 13.4. The van der Waals surface area contributed by atoms with Crippen LogP contribution in [0.15, 0.2) is 12.2 Å². The second kappa shape index (κ2) is 4.03. The molecule has 0 radical (unpaired) electrons. The summed E-state index contributed by atoms with van der Waals surface area (Å²) in [7, 11) is 0. The van der Waals surface area contributed by atoms with Gasteiger partial charge in [0.2, 0.25) is 0 Å². The second-order valence-corrected chi connectivity index (χ2v) is 4.63. The number of hydrogen-bond donors (Lipinski definition) is 0. The van der Waals surface area contributed by atoms with Crippen LogP contribution in [0.25, 0.3) is 0 Å². The fourth-order valence-corrected chi connectivity index (χ4v) is 1.39. The van der Waals surface area contributed by atoms with Crippen LogP contribution in [0.3, 0.4) is 0 Å². The zero-order valence-electron chi connectivity index (χ0n) is 9.41. The third-order valence-corrected chi connectivity index (χ3v) is 2.07. The monoisotopic (exact) mass is 197 g/mol. The minimum Gasteiger partial charge on any atom is -0.444 e. The van der Waals surface area contributed by atoms with Crippen LogP contribution >= 0.6 is 0 Å². The number of ether oxygens (including phenoxy) is 1. The van der Waals surface area contributed by atoms with Crippen molar-refractivity contribution in [2.45, 2.75) is 45.8 Å². The molecule has 0 spiro atoms. The van der Waals surface area contributed by atoms with Gasteiger partial charge in [-0.2, -0.15) is 0 Å². The van der Waals surface area contributed by atoms with Gasteiger partial charge in [0.1, 0.15) is 5.60 Å². The maximum absolute atomic E-state index is 11.7. The molecule has 1 aliphatic rings. The molecule has 14 heavy (non-hydrogen) atoms. The van der Waals surface area contributed by atoms with Gasteiger partial charge < -0.3 is 9.64 Å². The molecule has 3 heteroatoms. The Balaban J connectivity index is 2.56. The van der Waals surface area contributed by atoms with Gasteiger partial charge in [-0.25, -0.2) is 4.79 Å². The van der Waals surface area contributed by atoms with Crippen LogP contribution < -0.4 is 0 Å². The smallest absolute Gasteiger partial charge is 0.410 e. The van der Waals surface area contributed by atoms with E-state index in [1.807, 2.05) is 33.8 Å². The van der Waals surface area contributed by atoms with E-state index >= 15 is 0 Å². The molecule has 0 N–H and O–H groups in total. The summed E-state index contributed by atoms with van der Waals surface area (Å²) in [6.45, 7) is 8.41. The maximum Gasteiger partial charge on any atom is 0.410 e. The van der Waals surface area contributed by atoms with Crippen molar-refractivity contribution in [3.8, 4) is 0 Å². The average Bonchev–Trinajstić information content (AvgIpc) is 2.01. The molecule has 0 aromatic rings. The van der Waals surface area contributed by atoms with E-state index in [0.29, 0.717) is 0 Å². The van der Waals surface area contributed by atoms with E-state index in [1.165, 1.54) is 0 Å². The number of rotatable bonds is 0. The highest BCUT2D eigenvalue weighted by molar-refractivity contribution is 5.69. The van der Waals surface area contributed by atoms with Crippen LogP contribution in [0.2, 0.25) is 0 Å². The van der Waals surface area contributed by atoms with Gasteiger partial charge in [0.25, 0.3) is 0 Å². The third-order valence-electron chi connectivity index (χ3n) is 2.07. The van der Waals surface area contributed by atoms with Crippen molar-refractivity contribution in [3.05, 3.63) is 12.2 Å². The van der Waals surface area contributed by atoms with Gasteiger partial charge in [0, 0.05) is 6.54 Å². The van der Waals surface area contributed by atoms with Crippen LogP contribution in [0.5, 0.6) is 0 Å². The van der Waals surface area contributed by atoms with Gasteiger partial charge in [0.05, 0.1) is 6.04 Å². The highest BCUT2D eigenvalue weighted by Crippen LogP contribution is 2.15. The molecule has 80 valence electrons.